The maximum Gasteiger partial charge on any atom is 0.410 e. The van der Waals surface area contributed by atoms with E-state index in [-0.39, 0.29) is 12.1 Å². The van der Waals surface area contributed by atoms with Gasteiger partial charge in [0.25, 0.3) is 0 Å². The lowest BCUT2D eigenvalue weighted by atomic mass is 10.0. The molecular weight excluding hydrogens is 282 g/mol. The topological polar surface area (TPSA) is 67.6 Å². The van der Waals surface area contributed by atoms with E-state index in [1.807, 2.05) is 34.6 Å². The minimum absolute atomic E-state index is 0.0757. The number of amides is 1. The fraction of sp³-hybridized carbons (Fsp3) is 0.750. The first-order chi connectivity index (χ1) is 10.2. The predicted octanol–water partition coefficient (Wildman–Crippen LogP) is 3.03. The van der Waals surface area contributed by atoms with Gasteiger partial charge in [-0.05, 0) is 47.5 Å². The summed E-state index contributed by atoms with van der Waals surface area (Å²) in [5.41, 5.74) is -0.441. The van der Waals surface area contributed by atoms with Crippen molar-refractivity contribution in [3.8, 4) is 0 Å². The molecule has 124 valence electrons. The smallest absolute Gasteiger partial charge is 0.410 e. The van der Waals surface area contributed by atoms with Crippen LogP contribution in [0.4, 0.5) is 4.79 Å². The zero-order valence-electron chi connectivity index (χ0n) is 14.2. The molecule has 2 rings (SSSR count). The van der Waals surface area contributed by atoms with Gasteiger partial charge in [-0.3, -0.25) is 0 Å². The third kappa shape index (κ3) is 4.73. The van der Waals surface area contributed by atoms with E-state index in [1.54, 1.807) is 11.1 Å². The minimum atomic E-state index is -0.441. The SMILES string of the molecule is Cc1cnc(C(C)NC2CCN(C(=O)OC(C)(C)C)CC2)o1. The number of hydrogen-bond donors (Lipinski definition) is 1. The molecule has 6 heteroatoms. The Bertz CT molecular complexity index is 499. The third-order valence-electron chi connectivity index (χ3n) is 3.64. The van der Waals surface area contributed by atoms with Gasteiger partial charge in [0.1, 0.15) is 11.4 Å². The highest BCUT2D eigenvalue weighted by Gasteiger charge is 2.27. The average Bonchev–Trinajstić information content (AvgIpc) is 2.84. The number of ether oxygens (including phenoxy) is 1. The Morgan fingerprint density at radius 3 is 2.59 bits per heavy atom. The van der Waals surface area contributed by atoms with Crippen LogP contribution in [0.2, 0.25) is 0 Å². The number of nitrogens with zero attached hydrogens (tertiary/aromatic N) is 2. The lowest BCUT2D eigenvalue weighted by molar-refractivity contribution is 0.0195. The van der Waals surface area contributed by atoms with Crippen molar-refractivity contribution in [2.75, 3.05) is 13.1 Å². The van der Waals surface area contributed by atoms with E-state index in [0.717, 1.165) is 18.6 Å². The number of carbonyl (C=O) groups excluding carboxylic acids is 1. The van der Waals surface area contributed by atoms with Crippen molar-refractivity contribution in [2.45, 2.75) is 65.1 Å². The number of aromatic nitrogens is 1. The van der Waals surface area contributed by atoms with Crippen LogP contribution in [0.1, 0.15) is 58.2 Å². The number of rotatable bonds is 3. The molecule has 1 atom stereocenters. The van der Waals surface area contributed by atoms with Crippen molar-refractivity contribution in [3.05, 3.63) is 17.8 Å². The van der Waals surface area contributed by atoms with Gasteiger partial charge in [-0.2, -0.15) is 0 Å². The van der Waals surface area contributed by atoms with E-state index in [2.05, 4.69) is 10.3 Å². The molecule has 0 spiro atoms. The highest BCUT2D eigenvalue weighted by Crippen LogP contribution is 2.19. The highest BCUT2D eigenvalue weighted by molar-refractivity contribution is 5.68. The average molecular weight is 309 g/mol. The maximum absolute atomic E-state index is 12.0. The van der Waals surface area contributed by atoms with Gasteiger partial charge < -0.3 is 19.4 Å². The minimum Gasteiger partial charge on any atom is -0.444 e. The third-order valence-corrected chi connectivity index (χ3v) is 3.64. The van der Waals surface area contributed by atoms with Crippen molar-refractivity contribution in [1.82, 2.24) is 15.2 Å². The molecule has 1 N–H and O–H groups in total. The summed E-state index contributed by atoms with van der Waals surface area (Å²) in [5, 5.41) is 3.52. The fourth-order valence-electron chi connectivity index (χ4n) is 2.55. The molecule has 0 aromatic carbocycles. The number of carbonyl (C=O) groups is 1. The van der Waals surface area contributed by atoms with Crippen LogP contribution in [-0.2, 0) is 4.74 Å². The molecule has 0 bridgehead atoms. The van der Waals surface area contributed by atoms with E-state index in [0.29, 0.717) is 25.0 Å². The lowest BCUT2D eigenvalue weighted by Gasteiger charge is -2.34. The van der Waals surface area contributed by atoms with E-state index in [9.17, 15) is 4.79 Å². The molecule has 1 aromatic heterocycles. The Labute approximate surface area is 132 Å². The largest absolute Gasteiger partial charge is 0.444 e. The van der Waals surface area contributed by atoms with Crippen molar-refractivity contribution in [3.63, 3.8) is 0 Å². The van der Waals surface area contributed by atoms with Crippen LogP contribution >= 0.6 is 0 Å². The van der Waals surface area contributed by atoms with Gasteiger partial charge in [-0.25, -0.2) is 9.78 Å². The molecule has 1 aliphatic rings. The molecule has 1 aliphatic heterocycles. The quantitative estimate of drug-likeness (QED) is 0.929. The lowest BCUT2D eigenvalue weighted by Crippen LogP contribution is -2.47. The summed E-state index contributed by atoms with van der Waals surface area (Å²) in [7, 11) is 0. The molecule has 0 saturated carbocycles. The summed E-state index contributed by atoms with van der Waals surface area (Å²) in [6.07, 6.45) is 3.33. The van der Waals surface area contributed by atoms with Crippen molar-refractivity contribution in [2.24, 2.45) is 0 Å². The van der Waals surface area contributed by atoms with E-state index in [1.165, 1.54) is 0 Å². The predicted molar refractivity (Wildman–Crippen MR) is 83.6 cm³/mol. The van der Waals surface area contributed by atoms with Crippen LogP contribution in [-0.4, -0.2) is 40.7 Å². The van der Waals surface area contributed by atoms with Crippen molar-refractivity contribution in [1.29, 1.82) is 0 Å². The van der Waals surface area contributed by atoms with E-state index < -0.39 is 5.60 Å². The maximum atomic E-state index is 12.0. The monoisotopic (exact) mass is 309 g/mol. The zero-order chi connectivity index (χ0) is 16.3. The summed E-state index contributed by atoms with van der Waals surface area (Å²) in [5.74, 6) is 1.54. The standard InChI is InChI=1S/C16H27N3O3/c1-11-10-17-14(21-11)12(2)18-13-6-8-19(9-7-13)15(20)22-16(3,4)5/h10,12-13,18H,6-9H2,1-5H3. The summed E-state index contributed by atoms with van der Waals surface area (Å²) in [6.45, 7) is 11.0. The summed E-state index contributed by atoms with van der Waals surface area (Å²) in [4.78, 5) is 18.1. The Hall–Kier alpha value is -1.56. The molecule has 1 unspecified atom stereocenters. The number of aryl methyl sites for hydroxylation is 1. The Morgan fingerprint density at radius 2 is 2.09 bits per heavy atom. The second-order valence-corrected chi connectivity index (χ2v) is 6.94. The number of likely N-dealkylation sites (tertiary alicyclic amines) is 1. The second-order valence-electron chi connectivity index (χ2n) is 6.94. The van der Waals surface area contributed by atoms with Gasteiger partial charge in [0.2, 0.25) is 5.89 Å². The molecule has 1 fully saturated rings. The first kappa shape index (κ1) is 16.8. The molecule has 0 aliphatic carbocycles. The van der Waals surface area contributed by atoms with Crippen LogP contribution in [0.5, 0.6) is 0 Å². The number of piperidine rings is 1. The van der Waals surface area contributed by atoms with E-state index in [4.69, 9.17) is 9.15 Å². The van der Waals surface area contributed by atoms with Crippen LogP contribution in [0.15, 0.2) is 10.6 Å². The molecule has 2 heterocycles. The van der Waals surface area contributed by atoms with Gasteiger partial charge in [-0.15, -0.1) is 0 Å². The normalized spacial score (nSPS) is 18.3. The Morgan fingerprint density at radius 1 is 1.45 bits per heavy atom. The first-order valence-electron chi connectivity index (χ1n) is 7.91. The zero-order valence-corrected chi connectivity index (χ0v) is 14.2. The van der Waals surface area contributed by atoms with Crippen LogP contribution in [0, 0.1) is 6.92 Å². The molecule has 22 heavy (non-hydrogen) atoms. The first-order valence-corrected chi connectivity index (χ1v) is 7.91. The fourth-order valence-corrected chi connectivity index (χ4v) is 2.55. The van der Waals surface area contributed by atoms with Crippen molar-refractivity contribution < 1.29 is 13.9 Å². The van der Waals surface area contributed by atoms with Crippen LogP contribution in [0.3, 0.4) is 0 Å². The van der Waals surface area contributed by atoms with Gasteiger partial charge in [0.05, 0.1) is 12.2 Å². The van der Waals surface area contributed by atoms with E-state index >= 15 is 0 Å². The highest BCUT2D eigenvalue weighted by atomic mass is 16.6. The summed E-state index contributed by atoms with van der Waals surface area (Å²) < 4.78 is 11.0. The van der Waals surface area contributed by atoms with Crippen LogP contribution in [0.25, 0.3) is 0 Å². The van der Waals surface area contributed by atoms with Gasteiger partial charge in [-0.1, -0.05) is 0 Å². The van der Waals surface area contributed by atoms with Gasteiger partial charge in [0, 0.05) is 19.1 Å². The molecule has 6 nitrogen and oxygen atoms in total. The molecular formula is C16H27N3O3. The summed E-state index contributed by atoms with van der Waals surface area (Å²) in [6, 6.07) is 0.438. The summed E-state index contributed by atoms with van der Waals surface area (Å²) >= 11 is 0. The van der Waals surface area contributed by atoms with Crippen molar-refractivity contribution >= 4 is 6.09 Å². The number of nitrogens with one attached hydrogen (secondary N) is 1. The molecule has 1 amide bonds. The number of oxazole rings is 1. The molecule has 1 saturated heterocycles. The van der Waals surface area contributed by atoms with Gasteiger partial charge in [0.15, 0.2) is 0 Å². The number of hydrogen-bond acceptors (Lipinski definition) is 5. The van der Waals surface area contributed by atoms with Crippen LogP contribution < -0.4 is 5.32 Å². The Balaban J connectivity index is 1.78. The Kier molecular flexibility index (Phi) is 5.11. The molecule has 1 aromatic rings. The molecule has 0 radical (unpaired) electrons. The van der Waals surface area contributed by atoms with Gasteiger partial charge >= 0.3 is 6.09 Å². The second kappa shape index (κ2) is 6.69.